The number of piperazine rings is 2. The van der Waals surface area contributed by atoms with Gasteiger partial charge in [-0.3, -0.25) is 38.7 Å². The minimum atomic E-state index is -4.59. The molecule has 24 nitrogen and oxygen atoms in total. The number of hydrogen-bond donors (Lipinski definition) is 3. The van der Waals surface area contributed by atoms with E-state index >= 15 is 0 Å². The Labute approximate surface area is 540 Å². The molecule has 0 aromatic heterocycles. The van der Waals surface area contributed by atoms with Crippen LogP contribution in [0.2, 0.25) is 0 Å². The molecule has 0 unspecified atom stereocenters. The SMILES string of the molecule is CN1C(=O)C(=O)N2[C@H]3N(S(=O)(=O)c4ccccc4)c4ccccc4[C@@]3(C3=CCc4ccccc43)[C@H](OC(=O)OC(C)(C)C)[C@]2(O)C1=O.CN1C(=O)[C@@]2(O)[C@@H](OC(=O)OC(C)(C)C)[C@]3(C4=CCc5ccccc54)c4ccccc4N(S(=O)(=O)c4ccccc4)[C@@H]3N2C(=O)[C@H]1O. The van der Waals surface area contributed by atoms with E-state index in [1.807, 2.05) is 36.4 Å². The second-order valence-electron chi connectivity index (χ2n) is 25.9. The first-order chi connectivity index (χ1) is 44.3. The maximum atomic E-state index is 14.8. The normalized spacial score (nSPS) is 27.2. The number of imide groups is 1. The topological polar surface area (TPSA) is 305 Å². The highest BCUT2D eigenvalue weighted by Gasteiger charge is 2.84. The Hall–Kier alpha value is -9.73. The van der Waals surface area contributed by atoms with Crippen LogP contribution in [0.15, 0.2) is 180 Å². The van der Waals surface area contributed by atoms with Crippen LogP contribution in [0.25, 0.3) is 11.1 Å². The molecule has 5 amide bonds. The van der Waals surface area contributed by atoms with Gasteiger partial charge in [0.2, 0.25) is 6.23 Å². The average Bonchev–Trinajstić information content (AvgIpc) is 1.48. The summed E-state index contributed by atoms with van der Waals surface area (Å²) in [6, 6.07) is 42.5. The molecule has 6 heterocycles. The number of nitrogens with zero attached hydrogens (tertiary/aromatic N) is 6. The van der Waals surface area contributed by atoms with Crippen LogP contribution < -0.4 is 8.61 Å². The molecule has 0 radical (unpaired) electrons. The van der Waals surface area contributed by atoms with Crippen LogP contribution in [0.5, 0.6) is 0 Å². The van der Waals surface area contributed by atoms with Crippen LogP contribution in [0.3, 0.4) is 0 Å². The number of rotatable bonds is 8. The summed E-state index contributed by atoms with van der Waals surface area (Å²) >= 11 is 0. The molecule has 94 heavy (non-hydrogen) atoms. The quantitative estimate of drug-likeness (QED) is 0.0936. The molecule has 0 spiro atoms. The third-order valence-electron chi connectivity index (χ3n) is 18.4. The molecule has 14 rings (SSSR count). The van der Waals surface area contributed by atoms with E-state index in [1.54, 1.807) is 133 Å². The number of likely N-dealkylation sites (N-methyl/N-ethyl adjacent to an activating group) is 2. The Bertz CT molecular complexity index is 4570. The van der Waals surface area contributed by atoms with Crippen LogP contribution in [0.1, 0.15) is 74.9 Å². The van der Waals surface area contributed by atoms with E-state index in [4.69, 9.17) is 18.9 Å². The third kappa shape index (κ3) is 8.68. The van der Waals surface area contributed by atoms with Gasteiger partial charge in [0.15, 0.2) is 12.2 Å². The van der Waals surface area contributed by atoms with Gasteiger partial charge in [0.25, 0.3) is 49.2 Å². The van der Waals surface area contributed by atoms with E-state index < -0.39 is 126 Å². The number of sulfonamides is 2. The summed E-state index contributed by atoms with van der Waals surface area (Å²) in [5.74, 6) is -6.25. The maximum absolute atomic E-state index is 14.8. The molecule has 0 saturated carbocycles. The number of anilines is 2. The number of allylic oxidation sites excluding steroid dienone is 2. The second-order valence-corrected chi connectivity index (χ2v) is 29.6. The van der Waals surface area contributed by atoms with E-state index in [9.17, 15) is 65.7 Å². The van der Waals surface area contributed by atoms with Gasteiger partial charge in [-0.2, -0.15) is 0 Å². The van der Waals surface area contributed by atoms with Crippen LogP contribution >= 0.6 is 0 Å². The molecule has 4 fully saturated rings. The summed E-state index contributed by atoms with van der Waals surface area (Å²) in [4.78, 5) is 99.4. The Kier molecular flexibility index (Phi) is 14.4. The van der Waals surface area contributed by atoms with Gasteiger partial charge >= 0.3 is 24.1 Å². The van der Waals surface area contributed by atoms with Crippen LogP contribution in [0.4, 0.5) is 21.0 Å². The van der Waals surface area contributed by atoms with E-state index in [-0.39, 0.29) is 32.3 Å². The summed E-state index contributed by atoms with van der Waals surface area (Å²) in [7, 11) is -6.99. The molecule has 6 aliphatic heterocycles. The number of aliphatic hydroxyl groups excluding tert-OH is 1. The van der Waals surface area contributed by atoms with Crippen molar-refractivity contribution < 1.29 is 84.7 Å². The lowest BCUT2D eigenvalue weighted by Gasteiger charge is -2.46. The minimum absolute atomic E-state index is 0.109. The zero-order valence-corrected chi connectivity index (χ0v) is 53.6. The molecule has 9 atom stereocenters. The first-order valence-corrected chi connectivity index (χ1v) is 32.9. The molecule has 4 saturated heterocycles. The van der Waals surface area contributed by atoms with Crippen molar-refractivity contribution >= 4 is 84.4 Å². The van der Waals surface area contributed by atoms with E-state index in [0.717, 1.165) is 33.8 Å². The van der Waals surface area contributed by atoms with Crippen molar-refractivity contribution in [3.63, 3.8) is 0 Å². The van der Waals surface area contributed by atoms with Crippen molar-refractivity contribution in [1.82, 2.24) is 19.6 Å². The highest BCUT2D eigenvalue weighted by atomic mass is 32.2. The van der Waals surface area contributed by atoms with Crippen LogP contribution in [-0.2, 0) is 86.6 Å². The Balaban J connectivity index is 0.000000171. The molecule has 8 aliphatic rings. The number of benzene rings is 6. The van der Waals surface area contributed by atoms with Gasteiger partial charge < -0.3 is 39.2 Å². The fourth-order valence-corrected chi connectivity index (χ4v) is 18.2. The van der Waals surface area contributed by atoms with Gasteiger partial charge in [-0.25, -0.2) is 35.0 Å². The number of ether oxygens (including phenoxy) is 4. The Morgan fingerprint density at radius 1 is 0.500 bits per heavy atom. The largest absolute Gasteiger partial charge is 0.509 e. The van der Waals surface area contributed by atoms with E-state index in [0.29, 0.717) is 54.7 Å². The summed E-state index contributed by atoms with van der Waals surface area (Å²) < 4.78 is 84.0. The second kappa shape index (κ2) is 21.4. The molecule has 486 valence electrons. The summed E-state index contributed by atoms with van der Waals surface area (Å²) in [6.07, 6.45) is -7.63. The summed E-state index contributed by atoms with van der Waals surface area (Å²) in [6.45, 7) is 9.61. The lowest BCUT2D eigenvalue weighted by atomic mass is 9.67. The van der Waals surface area contributed by atoms with Crippen LogP contribution in [0, 0.1) is 0 Å². The van der Waals surface area contributed by atoms with E-state index in [1.165, 1.54) is 42.5 Å². The number of amides is 5. The van der Waals surface area contributed by atoms with Gasteiger partial charge in [-0.15, -0.1) is 0 Å². The molecular weight excluding hydrogens is 1250 g/mol. The standard InChI is InChI=1S/C34H33N3O9S.C34H31N3O9S/c2*1-32(2,3)46-31(41)45-28-33(23-19-18-20-12-8-9-15-22(20)23)24-16-10-11-17-25(24)37(47(43,44)21-13-6-5-7-14-21)29(33)36-27(39)26(38)35(4)30(40)34(28,36)42/h5-17,19,26,28-29,38,42H,18H2,1-4H3;5-17,19,28-29,42H,18H2,1-4H3/t26-,28+,29+,33+,34+;28-,29-,33-,34-/m10/s1. The fourth-order valence-electron chi connectivity index (χ4n) is 14.8. The predicted molar refractivity (Wildman–Crippen MR) is 335 cm³/mol. The first kappa shape index (κ1) is 63.0. The number of aliphatic hydroxyl groups is 3. The fraction of sp³-hybridized carbons (Fsp3) is 0.309. The van der Waals surface area contributed by atoms with Crippen molar-refractivity contribution in [2.75, 3.05) is 22.7 Å². The molecular formula is C68H64N6O18S2. The van der Waals surface area contributed by atoms with Gasteiger partial charge in [0.05, 0.1) is 21.2 Å². The summed E-state index contributed by atoms with van der Waals surface area (Å²) in [5.41, 5.74) is -7.38. The lowest BCUT2D eigenvalue weighted by Crippen LogP contribution is -2.74. The lowest BCUT2D eigenvalue weighted by molar-refractivity contribution is -0.221. The van der Waals surface area contributed by atoms with Crippen molar-refractivity contribution in [1.29, 1.82) is 0 Å². The van der Waals surface area contributed by atoms with Gasteiger partial charge in [0.1, 0.15) is 34.4 Å². The van der Waals surface area contributed by atoms with Gasteiger partial charge in [-0.05, 0) is 135 Å². The number of fused-ring (bicyclic) bond motifs is 12. The van der Waals surface area contributed by atoms with Crippen molar-refractivity contribution in [3.8, 4) is 0 Å². The van der Waals surface area contributed by atoms with Crippen LogP contribution in [-0.4, -0.2) is 161 Å². The van der Waals surface area contributed by atoms with Gasteiger partial charge in [0, 0.05) is 14.1 Å². The van der Waals surface area contributed by atoms with Crippen molar-refractivity contribution in [3.05, 3.63) is 203 Å². The van der Waals surface area contributed by atoms with Gasteiger partial charge in [-0.1, -0.05) is 133 Å². The third-order valence-corrected chi connectivity index (χ3v) is 21.9. The minimum Gasteiger partial charge on any atom is -0.429 e. The molecule has 26 heteroatoms. The molecule has 3 N–H and O–H groups in total. The number of hydrogen-bond acceptors (Lipinski definition) is 18. The van der Waals surface area contributed by atoms with Crippen molar-refractivity contribution in [2.45, 2.75) is 128 Å². The number of carbonyl (C=O) groups is 7. The zero-order chi connectivity index (χ0) is 67.4. The zero-order valence-electron chi connectivity index (χ0n) is 51.9. The highest BCUT2D eigenvalue weighted by Crippen LogP contribution is 2.68. The average molecular weight is 1320 g/mol. The Morgan fingerprint density at radius 3 is 1.30 bits per heavy atom. The van der Waals surface area contributed by atoms with Crippen molar-refractivity contribution in [2.24, 2.45) is 0 Å². The summed E-state index contributed by atoms with van der Waals surface area (Å²) in [5, 5.41) is 36.4. The highest BCUT2D eigenvalue weighted by molar-refractivity contribution is 7.93. The molecule has 6 aromatic carbocycles. The predicted octanol–water partition coefficient (Wildman–Crippen LogP) is 5.69. The maximum Gasteiger partial charge on any atom is 0.509 e. The number of para-hydroxylation sites is 2. The monoisotopic (exact) mass is 1320 g/mol. The molecule has 0 bridgehead atoms. The van der Waals surface area contributed by atoms with E-state index in [2.05, 4.69) is 0 Å². The first-order valence-electron chi connectivity index (χ1n) is 30.0. The Morgan fingerprint density at radius 2 is 0.872 bits per heavy atom. The molecule has 2 aliphatic carbocycles. The smallest absolute Gasteiger partial charge is 0.429 e. The molecule has 6 aromatic rings. The number of carbonyl (C=O) groups excluding carboxylic acids is 7.